The molecule has 1 fully saturated rings. The van der Waals surface area contributed by atoms with Gasteiger partial charge >= 0.3 is 0 Å². The van der Waals surface area contributed by atoms with E-state index in [1.165, 1.54) is 0 Å². The van der Waals surface area contributed by atoms with Crippen LogP contribution >= 0.6 is 0 Å². The molecule has 6 nitrogen and oxygen atoms in total. The second kappa shape index (κ2) is 9.02. The molecule has 1 aromatic rings. The number of hydrogen-bond acceptors (Lipinski definition) is 3. The molecule has 1 atom stereocenters. The van der Waals surface area contributed by atoms with E-state index in [0.29, 0.717) is 30.9 Å². The molecule has 27 heavy (non-hydrogen) atoms. The van der Waals surface area contributed by atoms with Gasteiger partial charge in [0.25, 0.3) is 5.91 Å². The topological polar surface area (TPSA) is 78.5 Å². The summed E-state index contributed by atoms with van der Waals surface area (Å²) in [4.78, 5) is 39.0. The fraction of sp³-hybridized carbons (Fsp3) is 0.571. The average Bonchev–Trinajstić information content (AvgIpc) is 2.65. The zero-order valence-corrected chi connectivity index (χ0v) is 16.8. The van der Waals surface area contributed by atoms with E-state index in [0.717, 1.165) is 19.3 Å². The molecule has 2 rings (SSSR count). The molecule has 0 unspecified atom stereocenters. The van der Waals surface area contributed by atoms with E-state index >= 15 is 0 Å². The van der Waals surface area contributed by atoms with Crippen LogP contribution in [0.15, 0.2) is 24.3 Å². The summed E-state index contributed by atoms with van der Waals surface area (Å²) in [6.45, 7) is 9.29. The van der Waals surface area contributed by atoms with Crippen molar-refractivity contribution in [2.24, 2.45) is 11.3 Å². The Kier molecular flexibility index (Phi) is 6.99. The van der Waals surface area contributed by atoms with Crippen LogP contribution in [0.4, 0.5) is 5.69 Å². The van der Waals surface area contributed by atoms with E-state index in [4.69, 9.17) is 0 Å². The molecule has 3 amide bonds. The monoisotopic (exact) mass is 373 g/mol. The van der Waals surface area contributed by atoms with Crippen LogP contribution in [0.5, 0.6) is 0 Å². The van der Waals surface area contributed by atoms with Crippen LogP contribution in [0.2, 0.25) is 0 Å². The number of hydrogen-bond donors (Lipinski definition) is 2. The van der Waals surface area contributed by atoms with E-state index in [9.17, 15) is 14.4 Å². The first kappa shape index (κ1) is 20.9. The standard InChI is InChI=1S/C21H31N3O3/c1-5-11-22-18(25)16-9-7-12-24(14-16)19(26)15-8-6-10-17(13-15)23-20(27)21(2,3)4/h6,8,10,13,16H,5,7,9,11-12,14H2,1-4H3,(H,22,25)(H,23,27)/t16-/m0/s1. The molecule has 1 saturated heterocycles. The van der Waals surface area contributed by atoms with Gasteiger partial charge < -0.3 is 15.5 Å². The van der Waals surface area contributed by atoms with Gasteiger partial charge in [0.2, 0.25) is 11.8 Å². The molecule has 2 N–H and O–H groups in total. The number of benzene rings is 1. The highest BCUT2D eigenvalue weighted by Gasteiger charge is 2.29. The lowest BCUT2D eigenvalue weighted by Crippen LogP contribution is -2.45. The van der Waals surface area contributed by atoms with Crippen molar-refractivity contribution >= 4 is 23.4 Å². The number of anilines is 1. The molecule has 0 spiro atoms. The minimum atomic E-state index is -0.508. The molecule has 148 valence electrons. The third kappa shape index (κ3) is 5.81. The van der Waals surface area contributed by atoms with Gasteiger partial charge in [0.15, 0.2) is 0 Å². The number of rotatable bonds is 5. The van der Waals surface area contributed by atoms with Crippen molar-refractivity contribution in [3.8, 4) is 0 Å². The Balaban J connectivity index is 2.05. The van der Waals surface area contributed by atoms with E-state index < -0.39 is 5.41 Å². The van der Waals surface area contributed by atoms with E-state index in [1.54, 1.807) is 29.2 Å². The molecular weight excluding hydrogens is 342 g/mol. The Morgan fingerprint density at radius 2 is 1.96 bits per heavy atom. The van der Waals surface area contributed by atoms with Crippen molar-refractivity contribution in [2.75, 3.05) is 25.0 Å². The summed E-state index contributed by atoms with van der Waals surface area (Å²) >= 11 is 0. The highest BCUT2D eigenvalue weighted by atomic mass is 16.2. The van der Waals surface area contributed by atoms with Crippen molar-refractivity contribution in [3.63, 3.8) is 0 Å². The second-order valence-electron chi connectivity index (χ2n) is 8.17. The molecular formula is C21H31N3O3. The summed E-state index contributed by atoms with van der Waals surface area (Å²) in [5, 5.41) is 5.78. The fourth-order valence-corrected chi connectivity index (χ4v) is 3.00. The number of piperidine rings is 1. The predicted octanol–water partition coefficient (Wildman–Crippen LogP) is 3.05. The smallest absolute Gasteiger partial charge is 0.253 e. The predicted molar refractivity (Wildman–Crippen MR) is 106 cm³/mol. The van der Waals surface area contributed by atoms with Crippen molar-refractivity contribution in [3.05, 3.63) is 29.8 Å². The average molecular weight is 373 g/mol. The minimum Gasteiger partial charge on any atom is -0.356 e. The van der Waals surface area contributed by atoms with Crippen LogP contribution in [0.25, 0.3) is 0 Å². The first-order valence-electron chi connectivity index (χ1n) is 9.71. The van der Waals surface area contributed by atoms with Gasteiger partial charge in [0, 0.05) is 36.3 Å². The summed E-state index contributed by atoms with van der Waals surface area (Å²) < 4.78 is 0. The maximum absolute atomic E-state index is 12.9. The molecule has 1 aromatic carbocycles. The molecule has 6 heteroatoms. The largest absolute Gasteiger partial charge is 0.356 e. The van der Waals surface area contributed by atoms with E-state index in [-0.39, 0.29) is 23.6 Å². The summed E-state index contributed by atoms with van der Waals surface area (Å²) in [7, 11) is 0. The highest BCUT2D eigenvalue weighted by molar-refractivity contribution is 5.98. The van der Waals surface area contributed by atoms with Crippen molar-refractivity contribution in [2.45, 2.75) is 47.0 Å². The minimum absolute atomic E-state index is 0.0283. The van der Waals surface area contributed by atoms with Crippen LogP contribution in [0.3, 0.4) is 0 Å². The van der Waals surface area contributed by atoms with Crippen LogP contribution < -0.4 is 10.6 Å². The van der Waals surface area contributed by atoms with Gasteiger partial charge in [0.05, 0.1) is 5.92 Å². The first-order chi connectivity index (χ1) is 12.7. The SMILES string of the molecule is CCCNC(=O)[C@H]1CCCN(C(=O)c2cccc(NC(=O)C(C)(C)C)c2)C1. The lowest BCUT2D eigenvalue weighted by atomic mass is 9.95. The van der Waals surface area contributed by atoms with Crippen LogP contribution in [0, 0.1) is 11.3 Å². The van der Waals surface area contributed by atoms with Crippen LogP contribution in [0.1, 0.15) is 57.3 Å². The normalized spacial score (nSPS) is 17.3. The van der Waals surface area contributed by atoms with Crippen molar-refractivity contribution < 1.29 is 14.4 Å². The molecule has 0 saturated carbocycles. The Bertz CT molecular complexity index is 694. The highest BCUT2D eigenvalue weighted by Crippen LogP contribution is 2.22. The second-order valence-corrected chi connectivity index (χ2v) is 8.17. The molecule has 1 aliphatic heterocycles. The lowest BCUT2D eigenvalue weighted by Gasteiger charge is -2.32. The van der Waals surface area contributed by atoms with Crippen molar-refractivity contribution in [1.29, 1.82) is 0 Å². The first-order valence-corrected chi connectivity index (χ1v) is 9.71. The zero-order valence-electron chi connectivity index (χ0n) is 16.8. The summed E-state index contributed by atoms with van der Waals surface area (Å²) in [5.74, 6) is -0.328. The molecule has 0 bridgehead atoms. The number of carbonyl (C=O) groups is 3. The zero-order chi connectivity index (χ0) is 20.0. The quantitative estimate of drug-likeness (QED) is 0.833. The maximum atomic E-state index is 12.9. The van der Waals surface area contributed by atoms with Gasteiger partial charge in [-0.3, -0.25) is 14.4 Å². The third-order valence-electron chi connectivity index (χ3n) is 4.68. The summed E-state index contributed by atoms with van der Waals surface area (Å²) in [5.41, 5.74) is 0.623. The summed E-state index contributed by atoms with van der Waals surface area (Å²) in [6.07, 6.45) is 2.52. The number of carbonyl (C=O) groups excluding carboxylic acids is 3. The molecule has 1 heterocycles. The molecule has 1 aliphatic rings. The van der Waals surface area contributed by atoms with E-state index in [1.807, 2.05) is 27.7 Å². The lowest BCUT2D eigenvalue weighted by molar-refractivity contribution is -0.126. The molecule has 0 radical (unpaired) electrons. The Morgan fingerprint density at radius 1 is 1.22 bits per heavy atom. The Hall–Kier alpha value is -2.37. The fourth-order valence-electron chi connectivity index (χ4n) is 3.00. The van der Waals surface area contributed by atoms with Gasteiger partial charge in [-0.05, 0) is 37.5 Å². The van der Waals surface area contributed by atoms with Gasteiger partial charge in [0.1, 0.15) is 0 Å². The van der Waals surface area contributed by atoms with Crippen molar-refractivity contribution in [1.82, 2.24) is 10.2 Å². The van der Waals surface area contributed by atoms with Gasteiger partial charge in [-0.1, -0.05) is 33.8 Å². The maximum Gasteiger partial charge on any atom is 0.253 e. The Morgan fingerprint density at radius 3 is 2.63 bits per heavy atom. The van der Waals surface area contributed by atoms with Gasteiger partial charge in [-0.15, -0.1) is 0 Å². The number of likely N-dealkylation sites (tertiary alicyclic amines) is 1. The van der Waals surface area contributed by atoms with Gasteiger partial charge in [-0.2, -0.15) is 0 Å². The van der Waals surface area contributed by atoms with E-state index in [2.05, 4.69) is 10.6 Å². The van der Waals surface area contributed by atoms with Gasteiger partial charge in [-0.25, -0.2) is 0 Å². The number of nitrogens with one attached hydrogen (secondary N) is 2. The number of nitrogens with zero attached hydrogens (tertiary/aromatic N) is 1. The Labute approximate surface area is 161 Å². The third-order valence-corrected chi connectivity index (χ3v) is 4.68. The molecule has 0 aliphatic carbocycles. The van der Waals surface area contributed by atoms with Crippen LogP contribution in [-0.4, -0.2) is 42.3 Å². The molecule has 0 aromatic heterocycles. The summed E-state index contributed by atoms with van der Waals surface area (Å²) in [6, 6.07) is 6.99. The van der Waals surface area contributed by atoms with Crippen LogP contribution in [-0.2, 0) is 9.59 Å². The number of amides is 3.